The van der Waals surface area contributed by atoms with Crippen LogP contribution in [-0.4, -0.2) is 64.3 Å². The molecule has 2 atom stereocenters. The van der Waals surface area contributed by atoms with E-state index in [1.165, 1.54) is 4.90 Å². The van der Waals surface area contributed by atoms with E-state index in [2.05, 4.69) is 0 Å². The molecule has 1 aliphatic heterocycles. The highest BCUT2D eigenvalue weighted by molar-refractivity contribution is 5.76. The third kappa shape index (κ3) is 3.33. The van der Waals surface area contributed by atoms with Crippen molar-refractivity contribution < 1.29 is 19.8 Å². The molecular weight excluding hydrogens is 224 g/mol. The summed E-state index contributed by atoms with van der Waals surface area (Å²) in [5.74, 6) is -0.882. The number of aliphatic hydroxyl groups is 1. The van der Waals surface area contributed by atoms with Crippen molar-refractivity contribution in [1.82, 2.24) is 9.80 Å². The summed E-state index contributed by atoms with van der Waals surface area (Å²) in [6, 6.07) is -0.669. The molecule has 1 saturated heterocycles. The quantitative estimate of drug-likeness (QED) is 0.748. The van der Waals surface area contributed by atoms with E-state index in [1.54, 1.807) is 18.9 Å². The van der Waals surface area contributed by atoms with Crippen LogP contribution in [0.25, 0.3) is 0 Å². The van der Waals surface area contributed by atoms with Crippen LogP contribution in [0, 0.1) is 0 Å². The zero-order chi connectivity index (χ0) is 13.0. The van der Waals surface area contributed by atoms with Gasteiger partial charge in [0.15, 0.2) is 0 Å². The van der Waals surface area contributed by atoms with Crippen molar-refractivity contribution in [2.24, 2.45) is 0 Å². The second-order valence-corrected chi connectivity index (χ2v) is 4.51. The number of urea groups is 1. The summed E-state index contributed by atoms with van der Waals surface area (Å²) in [5, 5.41) is 17.8. The third-order valence-electron chi connectivity index (χ3n) is 3.26. The van der Waals surface area contributed by atoms with E-state index in [0.717, 1.165) is 12.8 Å². The Morgan fingerprint density at radius 3 is 2.71 bits per heavy atom. The molecule has 2 N–H and O–H groups in total. The van der Waals surface area contributed by atoms with Crippen molar-refractivity contribution >= 4 is 12.0 Å². The molecule has 6 nitrogen and oxygen atoms in total. The summed E-state index contributed by atoms with van der Waals surface area (Å²) in [7, 11) is 1.62. The molecular formula is C11H20N2O4. The number of nitrogens with zero attached hydrogens (tertiary/aromatic N) is 2. The molecule has 0 spiro atoms. The molecule has 1 heterocycles. The lowest BCUT2D eigenvalue weighted by molar-refractivity contribution is -0.138. The van der Waals surface area contributed by atoms with E-state index in [9.17, 15) is 9.59 Å². The predicted octanol–water partition coefficient (Wildman–Crippen LogP) is 0.358. The molecule has 98 valence electrons. The number of carboxylic acids is 1. The highest BCUT2D eigenvalue weighted by atomic mass is 16.4. The Morgan fingerprint density at radius 1 is 1.53 bits per heavy atom. The first-order valence-corrected chi connectivity index (χ1v) is 5.83. The van der Waals surface area contributed by atoms with Crippen LogP contribution < -0.4 is 0 Å². The number of likely N-dealkylation sites (tertiary alicyclic amines) is 1. The lowest BCUT2D eigenvalue weighted by Gasteiger charge is -2.31. The Hall–Kier alpha value is -1.30. The summed E-state index contributed by atoms with van der Waals surface area (Å²) >= 11 is 0. The van der Waals surface area contributed by atoms with Gasteiger partial charge in [0.05, 0.1) is 19.1 Å². The molecule has 1 aliphatic rings. The van der Waals surface area contributed by atoms with Gasteiger partial charge in [-0.15, -0.1) is 0 Å². The van der Waals surface area contributed by atoms with Gasteiger partial charge in [-0.25, -0.2) is 4.79 Å². The number of carboxylic acid groups (broad SMARTS) is 1. The minimum atomic E-state index is -0.882. The van der Waals surface area contributed by atoms with Crippen LogP contribution in [0.15, 0.2) is 0 Å². The van der Waals surface area contributed by atoms with Crippen LogP contribution in [0.3, 0.4) is 0 Å². The Labute approximate surface area is 101 Å². The molecule has 6 heteroatoms. The van der Waals surface area contributed by atoms with Gasteiger partial charge in [-0.2, -0.15) is 0 Å². The van der Waals surface area contributed by atoms with Gasteiger partial charge < -0.3 is 20.0 Å². The van der Waals surface area contributed by atoms with Crippen molar-refractivity contribution in [2.45, 2.75) is 38.3 Å². The number of aliphatic hydroxyl groups excluding tert-OH is 1. The number of amides is 2. The van der Waals surface area contributed by atoms with Gasteiger partial charge in [0.25, 0.3) is 0 Å². The fourth-order valence-corrected chi connectivity index (χ4v) is 2.01. The summed E-state index contributed by atoms with van der Waals surface area (Å²) < 4.78 is 0. The highest BCUT2D eigenvalue weighted by Gasteiger charge is 2.32. The number of rotatable bonds is 4. The average molecular weight is 244 g/mol. The normalized spacial score (nSPS) is 21.4. The molecule has 0 saturated carbocycles. The van der Waals surface area contributed by atoms with E-state index < -0.39 is 5.97 Å². The van der Waals surface area contributed by atoms with Gasteiger partial charge in [0.2, 0.25) is 0 Å². The van der Waals surface area contributed by atoms with E-state index >= 15 is 0 Å². The largest absolute Gasteiger partial charge is 0.481 e. The molecule has 17 heavy (non-hydrogen) atoms. The fourth-order valence-electron chi connectivity index (χ4n) is 2.01. The number of likely N-dealkylation sites (N-methyl/N-ethyl adjacent to an activating group) is 1. The van der Waals surface area contributed by atoms with Gasteiger partial charge in [-0.05, 0) is 19.8 Å². The maximum absolute atomic E-state index is 12.1. The van der Waals surface area contributed by atoms with Crippen LogP contribution in [0.2, 0.25) is 0 Å². The Kier molecular flexibility index (Phi) is 4.74. The van der Waals surface area contributed by atoms with E-state index in [1.807, 2.05) is 0 Å². The van der Waals surface area contributed by atoms with Gasteiger partial charge in [0, 0.05) is 19.6 Å². The molecule has 0 aromatic heterocycles. The average Bonchev–Trinajstić information content (AvgIpc) is 2.73. The van der Waals surface area contributed by atoms with Crippen molar-refractivity contribution in [2.75, 3.05) is 20.2 Å². The lowest BCUT2D eigenvalue weighted by atomic mass is 10.1. The van der Waals surface area contributed by atoms with E-state index in [-0.39, 0.29) is 31.1 Å². The second kappa shape index (κ2) is 5.86. The van der Waals surface area contributed by atoms with Crippen LogP contribution in [0.4, 0.5) is 4.79 Å². The Balaban J connectivity index is 2.64. The predicted molar refractivity (Wildman–Crippen MR) is 61.7 cm³/mol. The summed E-state index contributed by atoms with van der Waals surface area (Å²) in [6.07, 6.45) is 1.57. The molecule has 0 aromatic carbocycles. The molecule has 0 aliphatic carbocycles. The monoisotopic (exact) mass is 244 g/mol. The van der Waals surface area contributed by atoms with Crippen LogP contribution >= 0.6 is 0 Å². The molecule has 2 amide bonds. The van der Waals surface area contributed by atoms with Gasteiger partial charge >= 0.3 is 12.0 Å². The van der Waals surface area contributed by atoms with Crippen LogP contribution in [0.1, 0.15) is 26.2 Å². The first-order chi connectivity index (χ1) is 7.97. The standard InChI is InChI=1S/C11H20N2O4/c1-8(7-14)12(2)11(17)13-5-3-4-9(13)6-10(15)16/h8-9,14H,3-7H2,1-2H3,(H,15,16). The van der Waals surface area contributed by atoms with Crippen LogP contribution in [-0.2, 0) is 4.79 Å². The minimum Gasteiger partial charge on any atom is -0.481 e. The zero-order valence-electron chi connectivity index (χ0n) is 10.3. The van der Waals surface area contributed by atoms with Crippen molar-refractivity contribution in [3.05, 3.63) is 0 Å². The zero-order valence-corrected chi connectivity index (χ0v) is 10.3. The number of carbonyl (C=O) groups excluding carboxylic acids is 1. The molecule has 0 bridgehead atoms. The Morgan fingerprint density at radius 2 is 2.18 bits per heavy atom. The van der Waals surface area contributed by atoms with Crippen molar-refractivity contribution in [3.63, 3.8) is 0 Å². The summed E-state index contributed by atoms with van der Waals surface area (Å²) in [5.41, 5.74) is 0. The topological polar surface area (TPSA) is 81.1 Å². The molecule has 2 unspecified atom stereocenters. The fraction of sp³-hybridized carbons (Fsp3) is 0.818. The number of hydrogen-bond donors (Lipinski definition) is 2. The molecule has 1 rings (SSSR count). The van der Waals surface area contributed by atoms with Gasteiger partial charge in [-0.3, -0.25) is 4.79 Å². The first kappa shape index (κ1) is 13.8. The smallest absolute Gasteiger partial charge is 0.320 e. The van der Waals surface area contributed by atoms with Crippen molar-refractivity contribution in [3.8, 4) is 0 Å². The lowest BCUT2D eigenvalue weighted by Crippen LogP contribution is -2.48. The number of aliphatic carboxylic acids is 1. The van der Waals surface area contributed by atoms with Gasteiger partial charge in [-0.1, -0.05) is 0 Å². The number of carbonyl (C=O) groups is 2. The summed E-state index contributed by atoms with van der Waals surface area (Å²) in [6.45, 7) is 2.25. The summed E-state index contributed by atoms with van der Waals surface area (Å²) in [4.78, 5) is 25.8. The number of hydrogen-bond acceptors (Lipinski definition) is 3. The maximum Gasteiger partial charge on any atom is 0.320 e. The van der Waals surface area contributed by atoms with E-state index in [0.29, 0.717) is 6.54 Å². The minimum absolute atomic E-state index is 0.00686. The third-order valence-corrected chi connectivity index (χ3v) is 3.26. The second-order valence-electron chi connectivity index (χ2n) is 4.51. The van der Waals surface area contributed by atoms with Crippen LogP contribution in [0.5, 0.6) is 0 Å². The molecule has 0 radical (unpaired) electrons. The van der Waals surface area contributed by atoms with E-state index in [4.69, 9.17) is 10.2 Å². The Bertz CT molecular complexity index is 295. The molecule has 0 aromatic rings. The highest BCUT2D eigenvalue weighted by Crippen LogP contribution is 2.21. The SMILES string of the molecule is CC(CO)N(C)C(=O)N1CCCC1CC(=O)O. The first-order valence-electron chi connectivity index (χ1n) is 5.83. The molecule has 1 fully saturated rings. The van der Waals surface area contributed by atoms with Crippen molar-refractivity contribution in [1.29, 1.82) is 0 Å². The van der Waals surface area contributed by atoms with Gasteiger partial charge in [0.1, 0.15) is 0 Å². The maximum atomic E-state index is 12.1.